The van der Waals surface area contributed by atoms with Gasteiger partial charge < -0.3 is 10.1 Å². The molecule has 2 aromatic heterocycles. The lowest BCUT2D eigenvalue weighted by Gasteiger charge is -2.11. The van der Waals surface area contributed by atoms with Crippen LogP contribution in [0.4, 0.5) is 27.6 Å². The predicted molar refractivity (Wildman–Crippen MR) is 104 cm³/mol. The molecule has 1 amide bonds. The largest absolute Gasteiger partial charge is 0.497 e. The first-order valence-corrected chi connectivity index (χ1v) is 9.04. The number of amides is 1. The molecule has 0 bridgehead atoms. The van der Waals surface area contributed by atoms with Gasteiger partial charge in [-0.3, -0.25) is 4.79 Å². The Labute approximate surface area is 177 Å². The summed E-state index contributed by atoms with van der Waals surface area (Å²) < 4.78 is 73.4. The number of hydrogen-bond acceptors (Lipinski definition) is 4. The summed E-state index contributed by atoms with van der Waals surface area (Å²) in [6.45, 7) is 0. The van der Waals surface area contributed by atoms with Gasteiger partial charge in [0, 0.05) is 17.7 Å². The molecule has 0 fully saturated rings. The van der Waals surface area contributed by atoms with Crippen molar-refractivity contribution in [3.63, 3.8) is 0 Å². The van der Waals surface area contributed by atoms with E-state index in [-0.39, 0.29) is 17.0 Å². The third kappa shape index (κ3) is 4.09. The van der Waals surface area contributed by atoms with Crippen molar-refractivity contribution >= 4 is 17.2 Å². The Balaban J connectivity index is 1.76. The first-order valence-electron chi connectivity index (χ1n) is 9.04. The van der Waals surface area contributed by atoms with Crippen molar-refractivity contribution in [3.8, 4) is 17.0 Å². The Morgan fingerprint density at radius 3 is 2.38 bits per heavy atom. The van der Waals surface area contributed by atoms with Crippen LogP contribution >= 0.6 is 0 Å². The first kappa shape index (κ1) is 21.2. The molecule has 2 heterocycles. The Bertz CT molecular complexity index is 1320. The van der Waals surface area contributed by atoms with Gasteiger partial charge in [0.05, 0.1) is 18.5 Å². The van der Waals surface area contributed by atoms with E-state index < -0.39 is 35.1 Å². The summed E-state index contributed by atoms with van der Waals surface area (Å²) in [6, 6.07) is 10.5. The molecule has 6 nitrogen and oxygen atoms in total. The maximum atomic E-state index is 13.8. The zero-order chi connectivity index (χ0) is 23.0. The molecule has 11 heteroatoms. The Morgan fingerprint density at radius 2 is 1.75 bits per heavy atom. The quantitative estimate of drug-likeness (QED) is 0.449. The van der Waals surface area contributed by atoms with E-state index in [2.05, 4.69) is 15.4 Å². The lowest BCUT2D eigenvalue weighted by molar-refractivity contribution is -0.142. The van der Waals surface area contributed by atoms with E-state index in [0.717, 1.165) is 24.3 Å². The highest BCUT2D eigenvalue weighted by atomic mass is 19.4. The normalized spacial score (nSPS) is 11.6. The Hall–Kier alpha value is -4.02. The van der Waals surface area contributed by atoms with Crippen LogP contribution < -0.4 is 10.1 Å². The average Bonchev–Trinajstić information content (AvgIpc) is 3.18. The van der Waals surface area contributed by atoms with Crippen molar-refractivity contribution in [2.45, 2.75) is 6.18 Å². The highest BCUT2D eigenvalue weighted by Crippen LogP contribution is 2.33. The van der Waals surface area contributed by atoms with E-state index in [4.69, 9.17) is 4.74 Å². The number of halogens is 5. The molecule has 0 unspecified atom stereocenters. The minimum absolute atomic E-state index is 0.00363. The van der Waals surface area contributed by atoms with Gasteiger partial charge in [-0.05, 0) is 42.5 Å². The van der Waals surface area contributed by atoms with Gasteiger partial charge in [-0.2, -0.15) is 18.3 Å². The molecule has 0 saturated heterocycles. The lowest BCUT2D eigenvalue weighted by Crippen LogP contribution is -2.16. The van der Waals surface area contributed by atoms with E-state index >= 15 is 0 Å². The van der Waals surface area contributed by atoms with Gasteiger partial charge >= 0.3 is 6.18 Å². The number of nitrogens with zero attached hydrogens (tertiary/aromatic N) is 3. The van der Waals surface area contributed by atoms with Crippen molar-refractivity contribution in [3.05, 3.63) is 77.6 Å². The summed E-state index contributed by atoms with van der Waals surface area (Å²) in [6.07, 6.45) is -4.80. The Kier molecular flexibility index (Phi) is 5.25. The van der Waals surface area contributed by atoms with Crippen LogP contribution in [0, 0.1) is 11.6 Å². The van der Waals surface area contributed by atoms with Crippen LogP contribution in [0.2, 0.25) is 0 Å². The molecule has 0 aliphatic carbocycles. The van der Waals surface area contributed by atoms with Crippen molar-refractivity contribution < 1.29 is 31.5 Å². The van der Waals surface area contributed by atoms with Gasteiger partial charge in [0.2, 0.25) is 0 Å². The van der Waals surface area contributed by atoms with E-state index in [1.54, 1.807) is 24.3 Å². The summed E-state index contributed by atoms with van der Waals surface area (Å²) in [5, 5.41) is 5.84. The molecule has 0 aliphatic heterocycles. The third-order valence-corrected chi connectivity index (χ3v) is 4.52. The second kappa shape index (κ2) is 7.91. The number of anilines is 1. The lowest BCUT2D eigenvalue weighted by atomic mass is 10.1. The van der Waals surface area contributed by atoms with E-state index in [1.807, 2.05) is 0 Å². The molecule has 0 atom stereocenters. The van der Waals surface area contributed by atoms with Gasteiger partial charge in [-0.25, -0.2) is 18.3 Å². The number of ether oxygens (including phenoxy) is 1. The van der Waals surface area contributed by atoms with Crippen molar-refractivity contribution in [2.24, 2.45) is 0 Å². The standard InChI is InChI=1S/C21H13F5N4O2/c1-32-13-5-2-11(3-6-13)16-9-18(21(24,25)26)30-19(27-16)10-17(29-30)20(31)28-15-7-4-12(22)8-14(15)23/h2-10H,1H3,(H,28,31). The number of fused-ring (bicyclic) bond motifs is 1. The molecule has 164 valence electrons. The first-order chi connectivity index (χ1) is 15.2. The molecule has 4 aromatic rings. The maximum Gasteiger partial charge on any atom is 0.433 e. The molecule has 4 rings (SSSR count). The molecule has 0 spiro atoms. The summed E-state index contributed by atoms with van der Waals surface area (Å²) in [5.74, 6) is -2.36. The third-order valence-electron chi connectivity index (χ3n) is 4.52. The van der Waals surface area contributed by atoms with E-state index in [9.17, 15) is 26.7 Å². The number of hydrogen-bond donors (Lipinski definition) is 1. The zero-order valence-electron chi connectivity index (χ0n) is 16.2. The van der Waals surface area contributed by atoms with Crippen LogP contribution in [0.15, 0.2) is 54.6 Å². The van der Waals surface area contributed by atoms with Crippen LogP contribution in [-0.2, 0) is 6.18 Å². The summed E-state index contributed by atoms with van der Waals surface area (Å²) in [5.41, 5.74) is -1.78. The van der Waals surface area contributed by atoms with E-state index in [1.165, 1.54) is 7.11 Å². The number of alkyl halides is 3. The average molecular weight is 448 g/mol. The van der Waals surface area contributed by atoms with Gasteiger partial charge in [-0.1, -0.05) is 0 Å². The summed E-state index contributed by atoms with van der Waals surface area (Å²) >= 11 is 0. The highest BCUT2D eigenvalue weighted by molar-refractivity contribution is 6.03. The second-order valence-electron chi connectivity index (χ2n) is 6.63. The van der Waals surface area contributed by atoms with Crippen LogP contribution in [0.25, 0.3) is 16.9 Å². The maximum absolute atomic E-state index is 13.8. The molecule has 0 saturated carbocycles. The van der Waals surface area contributed by atoms with Gasteiger partial charge in [0.1, 0.15) is 17.4 Å². The van der Waals surface area contributed by atoms with Crippen LogP contribution in [0.1, 0.15) is 16.2 Å². The number of methoxy groups -OCH3 is 1. The number of carbonyl (C=O) groups excluding carboxylic acids is 1. The summed E-state index contributed by atoms with van der Waals surface area (Å²) in [4.78, 5) is 16.6. The minimum atomic E-state index is -4.80. The SMILES string of the molecule is COc1ccc(-c2cc(C(F)(F)F)n3nc(C(=O)Nc4ccc(F)cc4F)cc3n2)cc1. The van der Waals surface area contributed by atoms with Gasteiger partial charge in [0.25, 0.3) is 5.91 Å². The van der Waals surface area contributed by atoms with Crippen molar-refractivity contribution in [2.75, 3.05) is 12.4 Å². The van der Waals surface area contributed by atoms with Crippen molar-refractivity contribution in [1.29, 1.82) is 0 Å². The molecule has 0 aliphatic rings. The fraction of sp³-hybridized carbons (Fsp3) is 0.0952. The fourth-order valence-corrected chi connectivity index (χ4v) is 2.97. The molecular weight excluding hydrogens is 435 g/mol. The minimum Gasteiger partial charge on any atom is -0.497 e. The van der Waals surface area contributed by atoms with Gasteiger partial charge in [-0.15, -0.1) is 0 Å². The Morgan fingerprint density at radius 1 is 1.03 bits per heavy atom. The fourth-order valence-electron chi connectivity index (χ4n) is 2.97. The summed E-state index contributed by atoms with van der Waals surface area (Å²) in [7, 11) is 1.46. The highest BCUT2D eigenvalue weighted by Gasteiger charge is 2.35. The van der Waals surface area contributed by atoms with E-state index in [0.29, 0.717) is 21.9 Å². The van der Waals surface area contributed by atoms with Crippen LogP contribution in [0.3, 0.4) is 0 Å². The molecule has 2 aromatic carbocycles. The molecular formula is C21H13F5N4O2. The molecule has 1 N–H and O–H groups in total. The number of aromatic nitrogens is 3. The van der Waals surface area contributed by atoms with Crippen molar-refractivity contribution in [1.82, 2.24) is 14.6 Å². The zero-order valence-corrected chi connectivity index (χ0v) is 16.2. The number of carbonyl (C=O) groups is 1. The smallest absolute Gasteiger partial charge is 0.433 e. The second-order valence-corrected chi connectivity index (χ2v) is 6.63. The number of benzene rings is 2. The van der Waals surface area contributed by atoms with Crippen LogP contribution in [0.5, 0.6) is 5.75 Å². The molecule has 0 radical (unpaired) electrons. The van der Waals surface area contributed by atoms with Crippen LogP contribution in [-0.4, -0.2) is 27.6 Å². The monoisotopic (exact) mass is 448 g/mol. The number of rotatable bonds is 4. The van der Waals surface area contributed by atoms with Gasteiger partial charge in [0.15, 0.2) is 17.0 Å². The topological polar surface area (TPSA) is 68.5 Å². The predicted octanol–water partition coefficient (Wildman–Crippen LogP) is 4.95. The number of nitrogens with one attached hydrogen (secondary N) is 1. The molecule has 32 heavy (non-hydrogen) atoms.